The molecular weight excluding hydrogens is 558 g/mol. The third-order valence-electron chi connectivity index (χ3n) is 8.47. The zero-order valence-corrected chi connectivity index (χ0v) is 27.3. The van der Waals surface area contributed by atoms with E-state index in [1.54, 1.807) is 19.1 Å². The Labute approximate surface area is 261 Å². The van der Waals surface area contributed by atoms with Gasteiger partial charge in [-0.1, -0.05) is 31.4 Å². The maximum Gasteiger partial charge on any atom is 0.410 e. The highest BCUT2D eigenvalue weighted by molar-refractivity contribution is 5.98. The number of unbranched alkanes of at least 4 members (excludes halogenated alkanes) is 1. The highest BCUT2D eigenvalue weighted by Crippen LogP contribution is 2.44. The van der Waals surface area contributed by atoms with E-state index in [1.165, 1.54) is 37.5 Å². The molecule has 44 heavy (non-hydrogen) atoms. The SMILES string of the molecule is COC(=O)c1ccc2c(C3CCCCC3)c(C3=CC=C(OC)CC3)n(CC(=O)NCCCCN(C)C(=O)OC(C)(C)C)c2c1. The fourth-order valence-corrected chi connectivity index (χ4v) is 6.25. The van der Waals surface area contributed by atoms with E-state index in [4.69, 9.17) is 14.2 Å². The molecule has 2 aliphatic rings. The summed E-state index contributed by atoms with van der Waals surface area (Å²) in [5.74, 6) is 0.849. The van der Waals surface area contributed by atoms with E-state index in [1.807, 2.05) is 45.0 Å². The first-order valence-corrected chi connectivity index (χ1v) is 15.9. The lowest BCUT2D eigenvalue weighted by Gasteiger charge is -2.25. The molecular formula is C35H49N3O6. The Kier molecular flexibility index (Phi) is 11.2. The van der Waals surface area contributed by atoms with E-state index in [2.05, 4.69) is 16.0 Å². The summed E-state index contributed by atoms with van der Waals surface area (Å²) in [6.45, 7) is 6.73. The highest BCUT2D eigenvalue weighted by Gasteiger charge is 2.29. The van der Waals surface area contributed by atoms with E-state index < -0.39 is 11.6 Å². The van der Waals surface area contributed by atoms with Crippen molar-refractivity contribution in [3.8, 4) is 0 Å². The summed E-state index contributed by atoms with van der Waals surface area (Å²) in [5, 5.41) is 4.18. The molecule has 0 spiro atoms. The van der Waals surface area contributed by atoms with Crippen LogP contribution in [0.1, 0.15) is 106 Å². The van der Waals surface area contributed by atoms with Crippen LogP contribution in [0, 0.1) is 0 Å². The molecule has 240 valence electrons. The van der Waals surface area contributed by atoms with Crippen molar-refractivity contribution in [2.24, 2.45) is 0 Å². The van der Waals surface area contributed by atoms with Crippen LogP contribution >= 0.6 is 0 Å². The first-order chi connectivity index (χ1) is 21.0. The Morgan fingerprint density at radius 1 is 1.02 bits per heavy atom. The largest absolute Gasteiger partial charge is 0.501 e. The molecule has 1 aromatic heterocycles. The van der Waals surface area contributed by atoms with Crippen LogP contribution in [-0.2, 0) is 25.5 Å². The lowest BCUT2D eigenvalue weighted by Crippen LogP contribution is -2.35. The van der Waals surface area contributed by atoms with E-state index >= 15 is 0 Å². The molecule has 0 aliphatic heterocycles. The number of fused-ring (bicyclic) bond motifs is 1. The Hall–Kier alpha value is -3.75. The highest BCUT2D eigenvalue weighted by atomic mass is 16.6. The second-order valence-corrected chi connectivity index (χ2v) is 12.9. The van der Waals surface area contributed by atoms with Gasteiger partial charge in [0.05, 0.1) is 31.1 Å². The molecule has 2 aromatic rings. The molecule has 1 heterocycles. The van der Waals surface area contributed by atoms with Gasteiger partial charge >= 0.3 is 12.1 Å². The summed E-state index contributed by atoms with van der Waals surface area (Å²) in [4.78, 5) is 39.8. The van der Waals surface area contributed by atoms with Crippen molar-refractivity contribution in [3.05, 3.63) is 52.9 Å². The number of benzene rings is 1. The van der Waals surface area contributed by atoms with Crippen molar-refractivity contribution in [1.82, 2.24) is 14.8 Å². The number of nitrogens with zero attached hydrogens (tertiary/aromatic N) is 2. The minimum Gasteiger partial charge on any atom is -0.501 e. The fraction of sp³-hybridized carbons (Fsp3) is 0.571. The first kappa shape index (κ1) is 33.1. The van der Waals surface area contributed by atoms with Crippen LogP contribution in [0.15, 0.2) is 36.1 Å². The zero-order chi connectivity index (χ0) is 31.9. The summed E-state index contributed by atoms with van der Waals surface area (Å²) >= 11 is 0. The molecule has 2 aliphatic carbocycles. The van der Waals surface area contributed by atoms with Crippen LogP contribution in [0.4, 0.5) is 4.79 Å². The van der Waals surface area contributed by atoms with Crippen LogP contribution in [0.25, 0.3) is 16.5 Å². The molecule has 1 fully saturated rings. The Bertz CT molecular complexity index is 1410. The van der Waals surface area contributed by atoms with Crippen molar-refractivity contribution >= 4 is 34.4 Å². The number of hydrogen-bond donors (Lipinski definition) is 1. The summed E-state index contributed by atoms with van der Waals surface area (Å²) in [5.41, 5.74) is 4.36. The molecule has 0 radical (unpaired) electrons. The number of ether oxygens (including phenoxy) is 3. The number of allylic oxidation sites excluding steroid dienone is 4. The van der Waals surface area contributed by atoms with Gasteiger partial charge in [-0.3, -0.25) is 4.79 Å². The molecule has 1 aromatic carbocycles. The average Bonchev–Trinajstić information content (AvgIpc) is 3.32. The van der Waals surface area contributed by atoms with Gasteiger partial charge in [0.25, 0.3) is 0 Å². The molecule has 9 heteroatoms. The number of aromatic nitrogens is 1. The van der Waals surface area contributed by atoms with Crippen LogP contribution < -0.4 is 5.32 Å². The van der Waals surface area contributed by atoms with Gasteiger partial charge in [-0.15, -0.1) is 0 Å². The van der Waals surface area contributed by atoms with E-state index in [-0.39, 0.29) is 18.5 Å². The molecule has 4 rings (SSSR count). The summed E-state index contributed by atoms with van der Waals surface area (Å²) in [6, 6.07) is 5.74. The Balaban J connectivity index is 1.59. The second kappa shape index (κ2) is 14.8. The van der Waals surface area contributed by atoms with Crippen molar-refractivity contribution in [2.75, 3.05) is 34.4 Å². The lowest BCUT2D eigenvalue weighted by molar-refractivity contribution is -0.121. The van der Waals surface area contributed by atoms with Crippen molar-refractivity contribution in [3.63, 3.8) is 0 Å². The third-order valence-corrected chi connectivity index (χ3v) is 8.47. The Morgan fingerprint density at radius 2 is 1.77 bits per heavy atom. The number of hydrogen-bond acceptors (Lipinski definition) is 6. The minimum atomic E-state index is -0.536. The number of carbonyl (C=O) groups is 3. The predicted molar refractivity (Wildman–Crippen MR) is 173 cm³/mol. The van der Waals surface area contributed by atoms with Crippen LogP contribution in [-0.4, -0.2) is 67.4 Å². The summed E-state index contributed by atoms with van der Waals surface area (Å²) in [7, 11) is 4.81. The van der Waals surface area contributed by atoms with Gasteiger partial charge in [-0.25, -0.2) is 9.59 Å². The minimum absolute atomic E-state index is 0.0909. The predicted octanol–water partition coefficient (Wildman–Crippen LogP) is 6.95. The van der Waals surface area contributed by atoms with Crippen LogP contribution in [0.2, 0.25) is 0 Å². The van der Waals surface area contributed by atoms with Gasteiger partial charge < -0.3 is 29.0 Å². The van der Waals surface area contributed by atoms with Crippen molar-refractivity contribution in [1.29, 1.82) is 0 Å². The molecule has 9 nitrogen and oxygen atoms in total. The normalized spacial score (nSPS) is 15.8. The molecule has 0 atom stereocenters. The zero-order valence-electron chi connectivity index (χ0n) is 27.3. The van der Waals surface area contributed by atoms with Gasteiger partial charge in [0.2, 0.25) is 5.91 Å². The van der Waals surface area contributed by atoms with Crippen LogP contribution in [0.5, 0.6) is 0 Å². The maximum atomic E-state index is 13.5. The Morgan fingerprint density at radius 3 is 2.41 bits per heavy atom. The topological polar surface area (TPSA) is 99.1 Å². The third kappa shape index (κ3) is 8.24. The van der Waals surface area contributed by atoms with Gasteiger partial charge in [-0.05, 0) is 88.1 Å². The first-order valence-electron chi connectivity index (χ1n) is 15.9. The fourth-order valence-electron chi connectivity index (χ4n) is 6.25. The van der Waals surface area contributed by atoms with Crippen molar-refractivity contribution < 1.29 is 28.6 Å². The number of amides is 2. The summed E-state index contributed by atoms with van der Waals surface area (Å²) < 4.78 is 18.1. The van der Waals surface area contributed by atoms with Crippen molar-refractivity contribution in [2.45, 2.75) is 96.6 Å². The average molecular weight is 608 g/mol. The quantitative estimate of drug-likeness (QED) is 0.219. The molecule has 0 bridgehead atoms. The monoisotopic (exact) mass is 607 g/mol. The number of methoxy groups -OCH3 is 2. The van der Waals surface area contributed by atoms with E-state index in [0.29, 0.717) is 24.6 Å². The standard InChI is InChI=1S/C35H49N3O6/c1-35(2,3)44-34(41)37(4)21-11-10-20-36-30(39)23-38-29-22-26(33(40)43-6)16-19-28(29)31(24-12-8-7-9-13-24)32(38)25-14-17-27(42-5)18-15-25/h14,16-17,19,22,24H,7-13,15,18,20-21,23H2,1-6H3,(H,36,39). The lowest BCUT2D eigenvalue weighted by atomic mass is 9.81. The van der Waals surface area contributed by atoms with Gasteiger partial charge in [0.1, 0.15) is 12.1 Å². The maximum absolute atomic E-state index is 13.5. The van der Waals surface area contributed by atoms with E-state index in [9.17, 15) is 14.4 Å². The van der Waals surface area contributed by atoms with Gasteiger partial charge in [-0.2, -0.15) is 0 Å². The van der Waals surface area contributed by atoms with Gasteiger partial charge in [0, 0.05) is 37.6 Å². The molecule has 1 N–H and O–H groups in total. The molecule has 2 amide bonds. The second-order valence-electron chi connectivity index (χ2n) is 12.9. The van der Waals surface area contributed by atoms with Gasteiger partial charge in [0.15, 0.2) is 0 Å². The number of rotatable bonds is 11. The molecule has 0 unspecified atom stereocenters. The number of nitrogens with one attached hydrogen (secondary N) is 1. The number of carbonyl (C=O) groups excluding carboxylic acids is 3. The van der Waals surface area contributed by atoms with Crippen LogP contribution in [0.3, 0.4) is 0 Å². The molecule has 0 saturated heterocycles. The summed E-state index contributed by atoms with van der Waals surface area (Å²) in [6.07, 6.45) is 12.7. The smallest absolute Gasteiger partial charge is 0.410 e. The van der Waals surface area contributed by atoms with E-state index in [0.717, 1.165) is 60.9 Å². The number of esters is 1. The molecule has 1 saturated carbocycles.